The zero-order chi connectivity index (χ0) is 8.60. The van der Waals surface area contributed by atoms with E-state index in [0.717, 1.165) is 11.3 Å². The zero-order valence-electron chi connectivity index (χ0n) is 6.62. The Morgan fingerprint density at radius 2 is 1.83 bits per heavy atom. The minimum absolute atomic E-state index is 0.212. The second kappa shape index (κ2) is 2.73. The van der Waals surface area contributed by atoms with Gasteiger partial charge in [0.15, 0.2) is 0 Å². The van der Waals surface area contributed by atoms with Gasteiger partial charge in [0, 0.05) is 6.26 Å². The molecule has 0 spiro atoms. The van der Waals surface area contributed by atoms with E-state index in [9.17, 15) is 4.39 Å². The summed E-state index contributed by atoms with van der Waals surface area (Å²) in [4.78, 5) is 0. The van der Waals surface area contributed by atoms with Gasteiger partial charge in [0.2, 0.25) is 0 Å². The molecule has 1 aliphatic rings. The van der Waals surface area contributed by atoms with Gasteiger partial charge in [0.25, 0.3) is 0 Å². The van der Waals surface area contributed by atoms with E-state index in [1.807, 2.05) is 6.26 Å². The van der Waals surface area contributed by atoms with Crippen molar-refractivity contribution in [1.82, 2.24) is 0 Å². The molecule has 1 saturated heterocycles. The Kier molecular flexibility index (Phi) is 1.83. The third kappa shape index (κ3) is 1.77. The number of hydrogen-bond donors (Lipinski definition) is 0. The van der Waals surface area contributed by atoms with Gasteiger partial charge in [-0.1, -0.05) is 12.1 Å². The van der Waals surface area contributed by atoms with Crippen LogP contribution >= 0.6 is 10.6 Å². The van der Waals surface area contributed by atoms with Gasteiger partial charge in [-0.3, -0.25) is 0 Å². The fourth-order valence-electron chi connectivity index (χ4n) is 0.979. The van der Waals surface area contributed by atoms with E-state index in [-0.39, 0.29) is 5.82 Å². The Hall–Kier alpha value is -0.580. The van der Waals surface area contributed by atoms with Crippen molar-refractivity contribution < 1.29 is 13.1 Å². The molecule has 0 aromatic heterocycles. The minimum Gasteiger partial charge on any atom is -0.207 e. The molecule has 66 valence electrons. The lowest BCUT2D eigenvalue weighted by molar-refractivity contribution is 0.0850. The Bertz CT molecular complexity index is 282. The van der Waals surface area contributed by atoms with Gasteiger partial charge in [-0.05, 0) is 17.7 Å². The van der Waals surface area contributed by atoms with Crippen LogP contribution in [-0.2, 0) is 14.4 Å². The van der Waals surface area contributed by atoms with Crippen LogP contribution in [0.4, 0.5) is 4.39 Å². The van der Waals surface area contributed by atoms with Gasteiger partial charge in [0.1, 0.15) is 5.82 Å². The number of halogens is 1. The topological polar surface area (TPSA) is 25.1 Å². The van der Waals surface area contributed by atoms with Crippen molar-refractivity contribution in [3.05, 3.63) is 35.6 Å². The van der Waals surface area contributed by atoms with Gasteiger partial charge in [-0.2, -0.15) is 0 Å². The summed E-state index contributed by atoms with van der Waals surface area (Å²) >= 11 is 0. The molecule has 1 aromatic carbocycles. The Morgan fingerprint density at radius 3 is 2.33 bits per heavy atom. The van der Waals surface area contributed by atoms with Crippen LogP contribution in [0.2, 0.25) is 0 Å². The lowest BCUT2D eigenvalue weighted by atomic mass is 10.2. The highest BCUT2D eigenvalue weighted by Gasteiger charge is 2.33. The molecule has 12 heavy (non-hydrogen) atoms. The summed E-state index contributed by atoms with van der Waals surface area (Å²) in [7, 11) is -1.26. The highest BCUT2D eigenvalue weighted by molar-refractivity contribution is 8.28. The monoisotopic (exact) mass is 188 g/mol. The molecule has 0 radical (unpaired) electrons. The molecular formula is C8H9FO2S. The summed E-state index contributed by atoms with van der Waals surface area (Å²) in [6, 6.07) is 6.39. The Labute approximate surface area is 72.0 Å². The highest BCUT2D eigenvalue weighted by atomic mass is 32.3. The molecule has 4 heteroatoms. The molecule has 0 atom stereocenters. The third-order valence-electron chi connectivity index (χ3n) is 1.64. The van der Waals surface area contributed by atoms with Crippen LogP contribution in [-0.4, -0.2) is 6.26 Å². The molecule has 0 N–H and O–H groups in total. The molecule has 1 fully saturated rings. The van der Waals surface area contributed by atoms with Crippen LogP contribution < -0.4 is 0 Å². The van der Waals surface area contributed by atoms with Gasteiger partial charge < -0.3 is 0 Å². The predicted molar refractivity (Wildman–Crippen MR) is 45.8 cm³/mol. The fourth-order valence-corrected chi connectivity index (χ4v) is 2.25. The van der Waals surface area contributed by atoms with E-state index in [0.29, 0.717) is 0 Å². The average Bonchev–Trinajstić information content (AvgIpc) is 2.74. The largest absolute Gasteiger partial charge is 0.207 e. The van der Waals surface area contributed by atoms with E-state index >= 15 is 0 Å². The molecular weight excluding hydrogens is 179 g/mol. The van der Waals surface area contributed by atoms with Crippen LogP contribution in [0.25, 0.3) is 0 Å². The standard InChI is InChI=1S/C8H9FO2S/c1-12(10-11-12)6-7-2-4-8(9)5-3-7/h2-5H,6H2,1H3. The summed E-state index contributed by atoms with van der Waals surface area (Å²) in [5, 5.41) is 0. The molecule has 0 unspecified atom stereocenters. The summed E-state index contributed by atoms with van der Waals surface area (Å²) in [6.45, 7) is 0. The second-order valence-corrected chi connectivity index (χ2v) is 5.24. The van der Waals surface area contributed by atoms with E-state index in [4.69, 9.17) is 8.67 Å². The van der Waals surface area contributed by atoms with E-state index in [1.54, 1.807) is 12.1 Å². The quantitative estimate of drug-likeness (QED) is 0.526. The summed E-state index contributed by atoms with van der Waals surface area (Å²) in [6.07, 6.45) is 1.93. The molecule has 1 aromatic rings. The lowest BCUT2D eigenvalue weighted by Crippen LogP contribution is -1.86. The SMILES string of the molecule is CS1(Cc2ccc(F)cc2)OO1. The third-order valence-corrected chi connectivity index (χ3v) is 3.10. The van der Waals surface area contributed by atoms with E-state index < -0.39 is 10.6 Å². The van der Waals surface area contributed by atoms with Crippen molar-refractivity contribution in [2.45, 2.75) is 5.75 Å². The lowest BCUT2D eigenvalue weighted by Gasteiger charge is -2.07. The second-order valence-electron chi connectivity index (χ2n) is 2.83. The van der Waals surface area contributed by atoms with Crippen LogP contribution in [0.15, 0.2) is 24.3 Å². The minimum atomic E-state index is -1.26. The van der Waals surface area contributed by atoms with Gasteiger partial charge in [-0.15, -0.1) is 19.3 Å². The van der Waals surface area contributed by atoms with E-state index in [2.05, 4.69) is 0 Å². The zero-order valence-corrected chi connectivity index (χ0v) is 7.44. The molecule has 0 amide bonds. The summed E-state index contributed by atoms with van der Waals surface area (Å²) in [5.41, 5.74) is 1.05. The first-order valence-electron chi connectivity index (χ1n) is 3.56. The molecule has 2 nitrogen and oxygen atoms in total. The van der Waals surface area contributed by atoms with Gasteiger partial charge in [0.05, 0.1) is 5.75 Å². The van der Waals surface area contributed by atoms with Crippen LogP contribution in [0, 0.1) is 5.82 Å². The summed E-state index contributed by atoms with van der Waals surface area (Å²) in [5.74, 6) is 0.532. The van der Waals surface area contributed by atoms with Crippen LogP contribution in [0.3, 0.4) is 0 Å². The van der Waals surface area contributed by atoms with Crippen molar-refractivity contribution in [1.29, 1.82) is 0 Å². The van der Waals surface area contributed by atoms with Gasteiger partial charge in [-0.25, -0.2) is 4.39 Å². The van der Waals surface area contributed by atoms with Gasteiger partial charge >= 0.3 is 0 Å². The highest BCUT2D eigenvalue weighted by Crippen LogP contribution is 2.64. The molecule has 0 bridgehead atoms. The van der Waals surface area contributed by atoms with E-state index in [1.165, 1.54) is 12.1 Å². The predicted octanol–water partition coefficient (Wildman–Crippen LogP) is 2.55. The molecule has 0 aliphatic carbocycles. The first-order valence-corrected chi connectivity index (χ1v) is 5.62. The fraction of sp³-hybridized carbons (Fsp3) is 0.250. The molecule has 2 rings (SSSR count). The van der Waals surface area contributed by atoms with Crippen molar-refractivity contribution >= 4 is 10.6 Å². The molecule has 1 heterocycles. The molecule has 1 aliphatic heterocycles. The number of benzene rings is 1. The van der Waals surface area contributed by atoms with Crippen molar-refractivity contribution in [3.63, 3.8) is 0 Å². The van der Waals surface area contributed by atoms with Crippen LogP contribution in [0.5, 0.6) is 0 Å². The Balaban J connectivity index is 2.08. The summed E-state index contributed by atoms with van der Waals surface area (Å²) < 4.78 is 22.1. The number of hydrogen-bond acceptors (Lipinski definition) is 2. The maximum Gasteiger partial charge on any atom is 0.123 e. The van der Waals surface area contributed by atoms with Crippen molar-refractivity contribution in [2.24, 2.45) is 0 Å². The normalized spacial score (nSPS) is 21.8. The molecule has 0 saturated carbocycles. The van der Waals surface area contributed by atoms with Crippen molar-refractivity contribution in [2.75, 3.05) is 6.26 Å². The maximum atomic E-state index is 12.5. The maximum absolute atomic E-state index is 12.5. The smallest absolute Gasteiger partial charge is 0.123 e. The first kappa shape index (κ1) is 8.04. The number of rotatable bonds is 2. The van der Waals surface area contributed by atoms with Crippen molar-refractivity contribution in [3.8, 4) is 0 Å². The Morgan fingerprint density at radius 1 is 1.25 bits per heavy atom. The van der Waals surface area contributed by atoms with Crippen LogP contribution in [0.1, 0.15) is 5.56 Å². The average molecular weight is 188 g/mol. The first-order chi connectivity index (χ1) is 5.68.